The molecule has 0 unspecified atom stereocenters. The fraction of sp³-hybridized carbons (Fsp3) is 0.333. The van der Waals surface area contributed by atoms with Gasteiger partial charge in [-0.3, -0.25) is 9.89 Å². The molecule has 0 spiro atoms. The fourth-order valence-electron chi connectivity index (χ4n) is 1.57. The minimum atomic E-state index is -0.209. The summed E-state index contributed by atoms with van der Waals surface area (Å²) in [6.07, 6.45) is 0. The molecule has 4 nitrogen and oxygen atoms in total. The Hall–Kier alpha value is -0.850. The predicted molar refractivity (Wildman–Crippen MR) is 80.9 cm³/mol. The Morgan fingerprint density at radius 3 is 2.84 bits per heavy atom. The molecule has 2 rings (SSSR count). The maximum Gasteiger partial charge on any atom is 0.273 e. The highest BCUT2D eigenvalue weighted by Gasteiger charge is 2.19. The van der Waals surface area contributed by atoms with Crippen LogP contribution in [0.5, 0.6) is 0 Å². The molecule has 0 atom stereocenters. The van der Waals surface area contributed by atoms with Crippen molar-refractivity contribution in [3.63, 3.8) is 0 Å². The zero-order chi connectivity index (χ0) is 14.0. The van der Waals surface area contributed by atoms with Gasteiger partial charge in [0.05, 0.1) is 21.0 Å². The summed E-state index contributed by atoms with van der Waals surface area (Å²) in [5.41, 5.74) is 1.30. The van der Waals surface area contributed by atoms with Crippen molar-refractivity contribution in [2.24, 2.45) is 0 Å². The first-order valence-corrected chi connectivity index (χ1v) is 7.74. The van der Waals surface area contributed by atoms with E-state index in [4.69, 9.17) is 11.6 Å². The van der Waals surface area contributed by atoms with E-state index < -0.39 is 0 Å². The Morgan fingerprint density at radius 1 is 1.58 bits per heavy atom. The molecule has 19 heavy (non-hydrogen) atoms. The Balaban J connectivity index is 2.04. The number of nitrogens with one attached hydrogen (secondary N) is 2. The van der Waals surface area contributed by atoms with Crippen LogP contribution in [0.1, 0.15) is 40.8 Å². The third kappa shape index (κ3) is 3.38. The highest BCUT2D eigenvalue weighted by Crippen LogP contribution is 2.26. The molecular weight excluding hydrogens is 350 g/mol. The van der Waals surface area contributed by atoms with Gasteiger partial charge in [-0.25, -0.2) is 0 Å². The SMILES string of the molecule is CC(C)c1[nH]nc(C(=O)NCc2ccc(Cl)s2)c1Br. The molecule has 1 amide bonds. The zero-order valence-corrected chi connectivity index (χ0v) is 13.6. The fourth-order valence-corrected chi connectivity index (χ4v) is 3.42. The van der Waals surface area contributed by atoms with Crippen molar-refractivity contribution in [1.82, 2.24) is 15.5 Å². The van der Waals surface area contributed by atoms with Gasteiger partial charge in [0.2, 0.25) is 0 Å². The molecule has 0 saturated heterocycles. The van der Waals surface area contributed by atoms with Crippen molar-refractivity contribution in [2.45, 2.75) is 26.3 Å². The van der Waals surface area contributed by atoms with E-state index in [2.05, 4.69) is 31.4 Å². The van der Waals surface area contributed by atoms with Crippen molar-refractivity contribution >= 4 is 44.8 Å². The molecule has 2 aromatic rings. The number of rotatable bonds is 4. The van der Waals surface area contributed by atoms with E-state index in [0.717, 1.165) is 15.0 Å². The highest BCUT2D eigenvalue weighted by molar-refractivity contribution is 9.10. The normalized spacial score (nSPS) is 11.0. The van der Waals surface area contributed by atoms with Crippen LogP contribution in [-0.4, -0.2) is 16.1 Å². The maximum absolute atomic E-state index is 12.0. The van der Waals surface area contributed by atoms with Gasteiger partial charge in [0.15, 0.2) is 5.69 Å². The zero-order valence-electron chi connectivity index (χ0n) is 10.5. The second-order valence-corrected chi connectivity index (χ2v) is 6.94. The number of H-pyrrole nitrogens is 1. The predicted octanol–water partition coefficient (Wildman–Crippen LogP) is 3.94. The average Bonchev–Trinajstić information content (AvgIpc) is 2.92. The molecule has 7 heteroatoms. The van der Waals surface area contributed by atoms with E-state index in [1.807, 2.05) is 26.0 Å². The van der Waals surface area contributed by atoms with E-state index in [0.29, 0.717) is 16.6 Å². The Labute approximate surface area is 128 Å². The number of aromatic amines is 1. The summed E-state index contributed by atoms with van der Waals surface area (Å²) < 4.78 is 1.44. The van der Waals surface area contributed by atoms with Crippen LogP contribution in [0.2, 0.25) is 4.34 Å². The highest BCUT2D eigenvalue weighted by atomic mass is 79.9. The van der Waals surface area contributed by atoms with Crippen LogP contribution in [0.4, 0.5) is 0 Å². The number of hydrogen-bond acceptors (Lipinski definition) is 3. The van der Waals surface area contributed by atoms with Gasteiger partial charge in [-0.15, -0.1) is 11.3 Å². The minimum absolute atomic E-state index is 0.209. The number of hydrogen-bond donors (Lipinski definition) is 2. The van der Waals surface area contributed by atoms with E-state index >= 15 is 0 Å². The molecule has 102 valence electrons. The molecule has 0 bridgehead atoms. The van der Waals surface area contributed by atoms with Gasteiger partial charge in [0.1, 0.15) is 0 Å². The second kappa shape index (κ2) is 6.07. The van der Waals surface area contributed by atoms with Gasteiger partial charge in [-0.05, 0) is 34.0 Å². The van der Waals surface area contributed by atoms with Crippen molar-refractivity contribution < 1.29 is 4.79 Å². The summed E-state index contributed by atoms with van der Waals surface area (Å²) in [6, 6.07) is 3.71. The molecule has 0 aromatic carbocycles. The number of carbonyl (C=O) groups is 1. The third-order valence-electron chi connectivity index (χ3n) is 2.58. The number of aromatic nitrogens is 2. The van der Waals surface area contributed by atoms with Crippen molar-refractivity contribution in [3.05, 3.63) is 37.2 Å². The van der Waals surface area contributed by atoms with Crippen molar-refractivity contribution in [3.8, 4) is 0 Å². The largest absolute Gasteiger partial charge is 0.346 e. The van der Waals surface area contributed by atoms with Gasteiger partial charge in [-0.2, -0.15) is 5.10 Å². The van der Waals surface area contributed by atoms with Crippen LogP contribution in [0.3, 0.4) is 0 Å². The van der Waals surface area contributed by atoms with Crippen molar-refractivity contribution in [1.29, 1.82) is 0 Å². The lowest BCUT2D eigenvalue weighted by molar-refractivity contribution is 0.0945. The Kier molecular flexibility index (Phi) is 4.65. The number of halogens is 2. The molecule has 2 heterocycles. The molecule has 0 radical (unpaired) electrons. The number of amides is 1. The lowest BCUT2D eigenvalue weighted by atomic mass is 10.1. The molecular formula is C12H13BrClN3OS. The quantitative estimate of drug-likeness (QED) is 0.865. The lowest BCUT2D eigenvalue weighted by Gasteiger charge is -2.03. The van der Waals surface area contributed by atoms with E-state index in [1.165, 1.54) is 11.3 Å². The molecule has 0 aliphatic carbocycles. The third-order valence-corrected chi connectivity index (χ3v) is 4.61. The monoisotopic (exact) mass is 361 g/mol. The Morgan fingerprint density at radius 2 is 2.32 bits per heavy atom. The van der Waals surface area contributed by atoms with Crippen LogP contribution in [0, 0.1) is 0 Å². The minimum Gasteiger partial charge on any atom is -0.346 e. The summed E-state index contributed by atoms with van der Waals surface area (Å²) in [4.78, 5) is 13.0. The number of carbonyl (C=O) groups excluding carboxylic acids is 1. The topological polar surface area (TPSA) is 57.8 Å². The van der Waals surface area contributed by atoms with E-state index in [9.17, 15) is 4.79 Å². The van der Waals surface area contributed by atoms with Crippen LogP contribution in [0.25, 0.3) is 0 Å². The summed E-state index contributed by atoms with van der Waals surface area (Å²) in [5, 5.41) is 9.75. The standard InChI is InChI=1S/C12H13BrClN3OS/c1-6(2)10-9(13)11(17-16-10)12(18)15-5-7-3-4-8(14)19-7/h3-4,6H,5H2,1-2H3,(H,15,18)(H,16,17). The smallest absolute Gasteiger partial charge is 0.273 e. The number of thiophene rings is 1. The first-order valence-electron chi connectivity index (χ1n) is 5.75. The maximum atomic E-state index is 12.0. The van der Waals surface area contributed by atoms with Crippen molar-refractivity contribution in [2.75, 3.05) is 0 Å². The lowest BCUT2D eigenvalue weighted by Crippen LogP contribution is -2.23. The van der Waals surface area contributed by atoms with Gasteiger partial charge < -0.3 is 5.32 Å². The molecule has 0 saturated carbocycles. The first-order chi connectivity index (χ1) is 8.99. The number of nitrogens with zero attached hydrogens (tertiary/aromatic N) is 1. The van der Waals surface area contributed by atoms with Crippen LogP contribution in [-0.2, 0) is 6.54 Å². The summed E-state index contributed by atoms with van der Waals surface area (Å²) in [5.74, 6) is 0.0686. The summed E-state index contributed by atoms with van der Waals surface area (Å²) in [7, 11) is 0. The average molecular weight is 363 g/mol. The molecule has 0 aliphatic rings. The summed E-state index contributed by atoms with van der Waals surface area (Å²) >= 11 is 10.7. The summed E-state index contributed by atoms with van der Waals surface area (Å²) in [6.45, 7) is 4.52. The Bertz CT molecular complexity index is 594. The molecule has 0 fully saturated rings. The van der Waals surface area contributed by atoms with Gasteiger partial charge in [0.25, 0.3) is 5.91 Å². The van der Waals surface area contributed by atoms with Crippen LogP contribution in [0.15, 0.2) is 16.6 Å². The van der Waals surface area contributed by atoms with Crippen LogP contribution < -0.4 is 5.32 Å². The molecule has 2 aromatic heterocycles. The van der Waals surface area contributed by atoms with Gasteiger partial charge in [-0.1, -0.05) is 25.4 Å². The van der Waals surface area contributed by atoms with Crippen LogP contribution >= 0.6 is 38.9 Å². The van der Waals surface area contributed by atoms with E-state index in [1.54, 1.807) is 0 Å². The van der Waals surface area contributed by atoms with Gasteiger partial charge in [0, 0.05) is 4.88 Å². The van der Waals surface area contributed by atoms with E-state index in [-0.39, 0.29) is 11.8 Å². The molecule has 0 aliphatic heterocycles. The van der Waals surface area contributed by atoms with Gasteiger partial charge >= 0.3 is 0 Å². The molecule has 2 N–H and O–H groups in total. The second-order valence-electron chi connectivity index (χ2n) is 4.34. The first kappa shape index (κ1) is 14.6.